The molecule has 0 bridgehead atoms. The molecule has 0 heterocycles. The summed E-state index contributed by atoms with van der Waals surface area (Å²) in [7, 11) is -3.82. The maximum absolute atomic E-state index is 12.1. The second-order valence-corrected chi connectivity index (χ2v) is 8.18. The van der Waals surface area contributed by atoms with Crippen molar-refractivity contribution < 1.29 is 27.5 Å². The lowest BCUT2D eigenvalue weighted by Crippen LogP contribution is -2.45. The number of ether oxygens (including phenoxy) is 1. The van der Waals surface area contributed by atoms with Crippen LogP contribution in [0.1, 0.15) is 26.2 Å². The van der Waals surface area contributed by atoms with Gasteiger partial charge in [-0.05, 0) is 38.0 Å². The van der Waals surface area contributed by atoms with E-state index in [0.717, 1.165) is 12.8 Å². The highest BCUT2D eigenvalue weighted by molar-refractivity contribution is 7.89. The molecule has 0 aromatic heterocycles. The van der Waals surface area contributed by atoms with Crippen LogP contribution in [0.5, 0.6) is 0 Å². The van der Waals surface area contributed by atoms with Gasteiger partial charge in [-0.2, -0.15) is 0 Å². The Morgan fingerprint density at radius 1 is 1.30 bits per heavy atom. The van der Waals surface area contributed by atoms with Gasteiger partial charge in [0.1, 0.15) is 0 Å². The van der Waals surface area contributed by atoms with Gasteiger partial charge in [-0.1, -0.05) is 17.7 Å². The van der Waals surface area contributed by atoms with E-state index in [1.165, 1.54) is 31.2 Å². The summed E-state index contributed by atoms with van der Waals surface area (Å²) in [6, 6.07) is 5.12. The summed E-state index contributed by atoms with van der Waals surface area (Å²) in [4.78, 5) is 35.0. The fraction of sp³-hybridized carbons (Fsp3) is 0.438. The monoisotopic (exact) mass is 417 g/mol. The molecule has 27 heavy (non-hydrogen) atoms. The standard InChI is InChI=1S/C16H20ClN3O6S/c1-10(15(22)20-16(23)19-12-5-6-12)26-14(21)7-8-18-27(24,25)13-4-2-3-11(17)9-13/h2-4,9-10,12,18H,5-8H2,1H3,(H2,19,20,22,23). The second-order valence-electron chi connectivity index (χ2n) is 5.97. The van der Waals surface area contributed by atoms with Gasteiger partial charge in [0.05, 0.1) is 11.3 Å². The smallest absolute Gasteiger partial charge is 0.321 e. The van der Waals surface area contributed by atoms with Crippen LogP contribution < -0.4 is 15.4 Å². The van der Waals surface area contributed by atoms with E-state index < -0.39 is 34.0 Å². The quantitative estimate of drug-likeness (QED) is 0.539. The molecule has 1 unspecified atom stereocenters. The number of esters is 1. The molecule has 1 aromatic rings. The van der Waals surface area contributed by atoms with E-state index in [4.69, 9.17) is 16.3 Å². The van der Waals surface area contributed by atoms with Gasteiger partial charge in [-0.15, -0.1) is 0 Å². The Morgan fingerprint density at radius 3 is 2.63 bits per heavy atom. The van der Waals surface area contributed by atoms with Gasteiger partial charge in [0.2, 0.25) is 10.0 Å². The summed E-state index contributed by atoms with van der Waals surface area (Å²) in [6.07, 6.45) is 0.271. The molecule has 1 saturated carbocycles. The highest BCUT2D eigenvalue weighted by Crippen LogP contribution is 2.18. The molecule has 11 heteroatoms. The van der Waals surface area contributed by atoms with Crippen LogP contribution in [0.15, 0.2) is 29.2 Å². The fourth-order valence-electron chi connectivity index (χ4n) is 1.98. The molecule has 148 valence electrons. The Labute approximate surface area is 161 Å². The largest absolute Gasteiger partial charge is 0.452 e. The third-order valence-electron chi connectivity index (χ3n) is 3.55. The number of hydrogen-bond donors (Lipinski definition) is 3. The summed E-state index contributed by atoms with van der Waals surface area (Å²) in [5.74, 6) is -1.55. The molecule has 1 atom stereocenters. The van der Waals surface area contributed by atoms with Crippen molar-refractivity contribution in [1.29, 1.82) is 0 Å². The Kier molecular flexibility index (Phi) is 7.17. The number of sulfonamides is 1. The third kappa shape index (κ3) is 7.16. The minimum Gasteiger partial charge on any atom is -0.452 e. The van der Waals surface area contributed by atoms with Crippen molar-refractivity contribution in [2.75, 3.05) is 6.54 Å². The van der Waals surface area contributed by atoms with E-state index in [9.17, 15) is 22.8 Å². The predicted molar refractivity (Wildman–Crippen MR) is 96.5 cm³/mol. The van der Waals surface area contributed by atoms with Crippen LogP contribution in [0.25, 0.3) is 0 Å². The van der Waals surface area contributed by atoms with Crippen molar-refractivity contribution in [2.45, 2.75) is 43.2 Å². The zero-order valence-electron chi connectivity index (χ0n) is 14.5. The van der Waals surface area contributed by atoms with Crippen molar-refractivity contribution in [1.82, 2.24) is 15.4 Å². The number of urea groups is 1. The molecular formula is C16H20ClN3O6S. The Bertz CT molecular complexity index is 825. The lowest BCUT2D eigenvalue weighted by atomic mass is 10.3. The first kappa shape index (κ1) is 21.1. The van der Waals surface area contributed by atoms with E-state index >= 15 is 0 Å². The molecule has 1 aliphatic rings. The molecular weight excluding hydrogens is 398 g/mol. The predicted octanol–water partition coefficient (Wildman–Crippen LogP) is 0.928. The molecule has 0 aliphatic heterocycles. The summed E-state index contributed by atoms with van der Waals surface area (Å²) in [6.45, 7) is 1.10. The first-order chi connectivity index (χ1) is 12.7. The van der Waals surface area contributed by atoms with Gasteiger partial charge in [-0.3, -0.25) is 14.9 Å². The van der Waals surface area contributed by atoms with Crippen LogP contribution in [0.2, 0.25) is 5.02 Å². The normalized spacial score (nSPS) is 14.9. The van der Waals surface area contributed by atoms with Crippen molar-refractivity contribution in [2.24, 2.45) is 0 Å². The molecule has 1 fully saturated rings. The SMILES string of the molecule is CC(OC(=O)CCNS(=O)(=O)c1cccc(Cl)c1)C(=O)NC(=O)NC1CC1. The number of carbonyl (C=O) groups is 3. The van der Waals surface area contributed by atoms with Crippen molar-refractivity contribution in [3.8, 4) is 0 Å². The lowest BCUT2D eigenvalue weighted by Gasteiger charge is -2.13. The Hall–Kier alpha value is -2.17. The average Bonchev–Trinajstić information content (AvgIpc) is 3.38. The average molecular weight is 418 g/mol. The van der Waals surface area contributed by atoms with Crippen LogP contribution >= 0.6 is 11.6 Å². The molecule has 1 aliphatic carbocycles. The van der Waals surface area contributed by atoms with Crippen LogP contribution in [-0.2, 0) is 24.3 Å². The molecule has 3 amide bonds. The van der Waals surface area contributed by atoms with Crippen molar-refractivity contribution in [3.63, 3.8) is 0 Å². The third-order valence-corrected chi connectivity index (χ3v) is 5.25. The summed E-state index contributed by atoms with van der Waals surface area (Å²) >= 11 is 5.76. The Morgan fingerprint density at radius 2 is 2.00 bits per heavy atom. The maximum Gasteiger partial charge on any atom is 0.321 e. The molecule has 2 rings (SSSR count). The zero-order chi connectivity index (χ0) is 20.0. The first-order valence-electron chi connectivity index (χ1n) is 8.23. The molecule has 0 saturated heterocycles. The van der Waals surface area contributed by atoms with Gasteiger partial charge in [0.25, 0.3) is 5.91 Å². The highest BCUT2D eigenvalue weighted by Gasteiger charge is 2.26. The second kappa shape index (κ2) is 9.16. The number of rotatable bonds is 8. The van der Waals surface area contributed by atoms with Crippen molar-refractivity contribution >= 4 is 39.5 Å². The molecule has 3 N–H and O–H groups in total. The van der Waals surface area contributed by atoms with E-state index in [1.807, 2.05) is 0 Å². The molecule has 9 nitrogen and oxygen atoms in total. The van der Waals surface area contributed by atoms with Gasteiger partial charge < -0.3 is 10.1 Å². The number of benzene rings is 1. The number of amides is 3. The molecule has 0 spiro atoms. The maximum atomic E-state index is 12.1. The topological polar surface area (TPSA) is 131 Å². The Balaban J connectivity index is 1.73. The number of nitrogens with one attached hydrogen (secondary N) is 3. The van der Waals surface area contributed by atoms with Crippen LogP contribution in [-0.4, -0.2) is 45.0 Å². The van der Waals surface area contributed by atoms with Crippen LogP contribution in [0.4, 0.5) is 4.79 Å². The van der Waals surface area contributed by atoms with Crippen LogP contribution in [0, 0.1) is 0 Å². The van der Waals surface area contributed by atoms with E-state index in [2.05, 4.69) is 15.4 Å². The van der Waals surface area contributed by atoms with E-state index in [-0.39, 0.29) is 28.9 Å². The van der Waals surface area contributed by atoms with Gasteiger partial charge in [0.15, 0.2) is 6.10 Å². The fourth-order valence-corrected chi connectivity index (χ4v) is 3.31. The molecule has 1 aromatic carbocycles. The van der Waals surface area contributed by atoms with Gasteiger partial charge in [-0.25, -0.2) is 17.9 Å². The first-order valence-corrected chi connectivity index (χ1v) is 10.1. The number of imide groups is 1. The minimum absolute atomic E-state index is 0.0298. The number of carbonyl (C=O) groups excluding carboxylic acids is 3. The minimum atomic E-state index is -3.82. The molecule has 0 radical (unpaired) electrons. The summed E-state index contributed by atoms with van der Waals surface area (Å²) in [5.41, 5.74) is 0. The van der Waals surface area contributed by atoms with Gasteiger partial charge >= 0.3 is 12.0 Å². The summed E-state index contributed by atoms with van der Waals surface area (Å²) < 4.78 is 31.3. The van der Waals surface area contributed by atoms with E-state index in [0.29, 0.717) is 0 Å². The van der Waals surface area contributed by atoms with Gasteiger partial charge in [0, 0.05) is 17.6 Å². The van der Waals surface area contributed by atoms with Crippen molar-refractivity contribution in [3.05, 3.63) is 29.3 Å². The van der Waals surface area contributed by atoms with E-state index in [1.54, 1.807) is 0 Å². The summed E-state index contributed by atoms with van der Waals surface area (Å²) in [5, 5.41) is 4.91. The zero-order valence-corrected chi connectivity index (χ0v) is 16.1. The number of halogens is 1. The highest BCUT2D eigenvalue weighted by atomic mass is 35.5. The lowest BCUT2D eigenvalue weighted by molar-refractivity contribution is -0.154. The number of hydrogen-bond acceptors (Lipinski definition) is 6. The van der Waals surface area contributed by atoms with Crippen LogP contribution in [0.3, 0.4) is 0 Å².